The van der Waals surface area contributed by atoms with Crippen LogP contribution in [0.1, 0.15) is 51.1 Å². The van der Waals surface area contributed by atoms with Gasteiger partial charge in [-0.2, -0.15) is 0 Å². The molecule has 1 aliphatic rings. The lowest BCUT2D eigenvalue weighted by Crippen LogP contribution is -2.38. The fourth-order valence-electron chi connectivity index (χ4n) is 2.81. The summed E-state index contributed by atoms with van der Waals surface area (Å²) in [5, 5.41) is 0. The van der Waals surface area contributed by atoms with Gasteiger partial charge in [-0.3, -0.25) is 19.4 Å². The molecule has 0 aliphatic heterocycles. The van der Waals surface area contributed by atoms with Gasteiger partial charge in [-0.05, 0) is 44.7 Å². The lowest BCUT2D eigenvalue weighted by molar-refractivity contribution is -0.164. The zero-order valence-electron chi connectivity index (χ0n) is 14.8. The molecule has 1 aromatic rings. The zero-order chi connectivity index (χ0) is 18.2. The fourth-order valence-corrected chi connectivity index (χ4v) is 2.81. The van der Waals surface area contributed by atoms with Crippen molar-refractivity contribution in [2.24, 2.45) is 11.8 Å². The number of carbonyl (C=O) groups is 3. The van der Waals surface area contributed by atoms with Crippen molar-refractivity contribution in [3.05, 3.63) is 30.1 Å². The summed E-state index contributed by atoms with van der Waals surface area (Å²) in [6.45, 7) is 3.46. The molecule has 1 saturated carbocycles. The van der Waals surface area contributed by atoms with Crippen LogP contribution in [0, 0.1) is 11.8 Å². The van der Waals surface area contributed by atoms with Crippen LogP contribution in [0.4, 0.5) is 0 Å². The van der Waals surface area contributed by atoms with E-state index in [1.165, 1.54) is 12.8 Å². The quantitative estimate of drug-likeness (QED) is 0.478. The summed E-state index contributed by atoms with van der Waals surface area (Å²) in [5.74, 6) is -3.72. The molecule has 1 aromatic heterocycles. The summed E-state index contributed by atoms with van der Waals surface area (Å²) in [4.78, 5) is 41.8. The first-order valence-electron chi connectivity index (χ1n) is 8.86. The molecule has 6 nitrogen and oxygen atoms in total. The lowest BCUT2D eigenvalue weighted by atomic mass is 9.86. The molecule has 136 valence electrons. The largest absolute Gasteiger partial charge is 0.465 e. The van der Waals surface area contributed by atoms with Gasteiger partial charge in [0, 0.05) is 6.20 Å². The van der Waals surface area contributed by atoms with Gasteiger partial charge in [0.2, 0.25) is 5.92 Å². The molecule has 1 fully saturated rings. The molecule has 1 aliphatic carbocycles. The van der Waals surface area contributed by atoms with E-state index in [0.29, 0.717) is 18.0 Å². The fraction of sp³-hybridized carbons (Fsp3) is 0.579. The number of pyridine rings is 1. The highest BCUT2D eigenvalue weighted by Gasteiger charge is 2.41. The number of aromatic nitrogens is 1. The minimum absolute atomic E-state index is 0.0956. The first kappa shape index (κ1) is 19.1. The van der Waals surface area contributed by atoms with Crippen molar-refractivity contribution in [2.45, 2.75) is 45.4 Å². The van der Waals surface area contributed by atoms with E-state index in [1.807, 2.05) is 0 Å². The Balaban J connectivity index is 2.25. The van der Waals surface area contributed by atoms with Gasteiger partial charge in [-0.15, -0.1) is 0 Å². The molecule has 0 spiro atoms. The van der Waals surface area contributed by atoms with Crippen LogP contribution in [0.5, 0.6) is 0 Å². The molecule has 0 amide bonds. The molecule has 0 aromatic carbocycles. The third kappa shape index (κ3) is 5.37. The summed E-state index contributed by atoms with van der Waals surface area (Å²) in [6, 6.07) is 5.31. The number of esters is 2. The van der Waals surface area contributed by atoms with Crippen molar-refractivity contribution in [1.82, 2.24) is 4.98 Å². The van der Waals surface area contributed by atoms with E-state index in [0.717, 1.165) is 6.42 Å². The van der Waals surface area contributed by atoms with Gasteiger partial charge < -0.3 is 9.47 Å². The van der Waals surface area contributed by atoms with Gasteiger partial charge >= 0.3 is 11.9 Å². The molecule has 1 atom stereocenters. The van der Waals surface area contributed by atoms with Crippen LogP contribution in [0.2, 0.25) is 0 Å². The Bertz CT molecular complexity index is 579. The normalized spacial score (nSPS) is 14.8. The summed E-state index contributed by atoms with van der Waals surface area (Å²) >= 11 is 0. The molecule has 0 saturated heterocycles. The number of Topliss-reactive ketones (excluding diaryl/α,β-unsaturated/α-hetero) is 1. The number of hydrogen-bond donors (Lipinski definition) is 0. The monoisotopic (exact) mass is 347 g/mol. The SMILES string of the molecule is CCOC(=O)C(C(=O)OCC)C(=O)C(CCC1CC1)c1ccccn1. The third-order valence-corrected chi connectivity index (χ3v) is 4.28. The number of hydrogen-bond acceptors (Lipinski definition) is 6. The van der Waals surface area contributed by atoms with E-state index >= 15 is 0 Å². The summed E-state index contributed by atoms with van der Waals surface area (Å²) in [7, 11) is 0. The molecule has 1 unspecified atom stereocenters. The molecule has 0 radical (unpaired) electrons. The van der Waals surface area contributed by atoms with Crippen LogP contribution in [0.15, 0.2) is 24.4 Å². The van der Waals surface area contributed by atoms with Crippen molar-refractivity contribution in [3.63, 3.8) is 0 Å². The highest BCUT2D eigenvalue weighted by molar-refractivity contribution is 6.16. The van der Waals surface area contributed by atoms with Gasteiger partial charge in [0.05, 0.1) is 24.8 Å². The van der Waals surface area contributed by atoms with E-state index in [1.54, 1.807) is 38.2 Å². The second-order valence-electron chi connectivity index (χ2n) is 6.17. The maximum atomic E-state index is 13.1. The van der Waals surface area contributed by atoms with Crippen molar-refractivity contribution < 1.29 is 23.9 Å². The lowest BCUT2D eigenvalue weighted by Gasteiger charge is -2.20. The second-order valence-corrected chi connectivity index (χ2v) is 6.17. The van der Waals surface area contributed by atoms with Gasteiger partial charge in [-0.25, -0.2) is 0 Å². The van der Waals surface area contributed by atoms with Crippen LogP contribution >= 0.6 is 0 Å². The molecule has 25 heavy (non-hydrogen) atoms. The van der Waals surface area contributed by atoms with Gasteiger partial charge in [-0.1, -0.05) is 18.9 Å². The molecule has 2 rings (SSSR count). The number of rotatable bonds is 10. The molecule has 0 N–H and O–H groups in total. The first-order chi connectivity index (χ1) is 12.1. The zero-order valence-corrected chi connectivity index (χ0v) is 14.8. The maximum absolute atomic E-state index is 13.1. The maximum Gasteiger partial charge on any atom is 0.328 e. The minimum Gasteiger partial charge on any atom is -0.465 e. The second kappa shape index (κ2) is 9.30. The van der Waals surface area contributed by atoms with Crippen LogP contribution in [-0.4, -0.2) is 35.9 Å². The van der Waals surface area contributed by atoms with E-state index in [9.17, 15) is 14.4 Å². The highest BCUT2D eigenvalue weighted by Crippen LogP contribution is 2.37. The Morgan fingerprint density at radius 2 is 1.76 bits per heavy atom. The van der Waals surface area contributed by atoms with Crippen molar-refractivity contribution in [1.29, 1.82) is 0 Å². The third-order valence-electron chi connectivity index (χ3n) is 4.28. The Morgan fingerprint density at radius 3 is 2.24 bits per heavy atom. The van der Waals surface area contributed by atoms with Gasteiger partial charge in [0.1, 0.15) is 0 Å². The van der Waals surface area contributed by atoms with E-state index in [-0.39, 0.29) is 13.2 Å². The van der Waals surface area contributed by atoms with Crippen molar-refractivity contribution in [2.75, 3.05) is 13.2 Å². The molecule has 6 heteroatoms. The number of ketones is 1. The van der Waals surface area contributed by atoms with Crippen molar-refractivity contribution in [3.8, 4) is 0 Å². The molecular formula is C19H25NO5. The number of ether oxygens (including phenoxy) is 2. The van der Waals surface area contributed by atoms with E-state index < -0.39 is 29.6 Å². The van der Waals surface area contributed by atoms with Crippen molar-refractivity contribution >= 4 is 17.7 Å². The van der Waals surface area contributed by atoms with Gasteiger partial charge in [0.15, 0.2) is 5.78 Å². The Morgan fingerprint density at radius 1 is 1.12 bits per heavy atom. The molecule has 1 heterocycles. The highest BCUT2D eigenvalue weighted by atomic mass is 16.6. The van der Waals surface area contributed by atoms with Crippen LogP contribution in [-0.2, 0) is 23.9 Å². The number of carbonyl (C=O) groups excluding carboxylic acids is 3. The minimum atomic E-state index is -1.55. The van der Waals surface area contributed by atoms with Crippen LogP contribution < -0.4 is 0 Å². The van der Waals surface area contributed by atoms with Crippen LogP contribution in [0.25, 0.3) is 0 Å². The Labute approximate surface area is 147 Å². The summed E-state index contributed by atoms with van der Waals surface area (Å²) in [6.07, 6.45) is 5.39. The average molecular weight is 347 g/mol. The smallest absolute Gasteiger partial charge is 0.328 e. The van der Waals surface area contributed by atoms with Crippen LogP contribution in [0.3, 0.4) is 0 Å². The van der Waals surface area contributed by atoms with Gasteiger partial charge in [0.25, 0.3) is 0 Å². The topological polar surface area (TPSA) is 82.6 Å². The standard InChI is InChI=1S/C19H25NO5/c1-3-24-18(22)16(19(23)25-4-2)17(21)14(11-10-13-8-9-13)15-7-5-6-12-20-15/h5-7,12-14,16H,3-4,8-11H2,1-2H3. The Kier molecular flexibility index (Phi) is 7.10. The molecular weight excluding hydrogens is 322 g/mol. The summed E-state index contributed by atoms with van der Waals surface area (Å²) in [5.41, 5.74) is 0.576. The van der Waals surface area contributed by atoms with E-state index in [2.05, 4.69) is 4.98 Å². The number of nitrogens with zero attached hydrogens (tertiary/aromatic N) is 1. The van der Waals surface area contributed by atoms with E-state index in [4.69, 9.17) is 9.47 Å². The Hall–Kier alpha value is -2.24. The predicted molar refractivity (Wildman–Crippen MR) is 90.7 cm³/mol. The first-order valence-corrected chi connectivity index (χ1v) is 8.86. The predicted octanol–water partition coefficient (Wildman–Crippen LogP) is 2.67. The summed E-state index contributed by atoms with van der Waals surface area (Å²) < 4.78 is 9.87. The average Bonchev–Trinajstić information content (AvgIpc) is 3.41. The molecule has 0 bridgehead atoms.